The van der Waals surface area contributed by atoms with Crippen molar-refractivity contribution in [2.75, 3.05) is 5.32 Å². The average Bonchev–Trinajstić information content (AvgIpc) is 2.41. The molecule has 0 saturated carbocycles. The Morgan fingerprint density at radius 1 is 1.37 bits per heavy atom. The van der Waals surface area contributed by atoms with Crippen molar-refractivity contribution in [2.24, 2.45) is 0 Å². The number of hydrogen-bond donors (Lipinski definition) is 1. The van der Waals surface area contributed by atoms with Crippen LogP contribution in [0.15, 0.2) is 48.8 Å². The zero-order valence-electron chi connectivity index (χ0n) is 10.4. The van der Waals surface area contributed by atoms with E-state index in [0.717, 1.165) is 11.1 Å². The van der Waals surface area contributed by atoms with Crippen molar-refractivity contribution in [3.8, 4) is 0 Å². The van der Waals surface area contributed by atoms with Gasteiger partial charge in [0.05, 0.1) is 5.69 Å². The van der Waals surface area contributed by atoms with Crippen molar-refractivity contribution in [1.29, 1.82) is 0 Å². The van der Waals surface area contributed by atoms with Gasteiger partial charge in [-0.3, -0.25) is 9.78 Å². The molecule has 0 unspecified atom stereocenters. The highest BCUT2D eigenvalue weighted by Gasteiger charge is 2.04. The first-order chi connectivity index (χ1) is 9.15. The number of aryl methyl sites for hydroxylation is 1. The summed E-state index contributed by atoms with van der Waals surface area (Å²) < 4.78 is 13.5. The molecule has 4 heteroatoms. The smallest absolute Gasteiger partial charge is 0.248 e. The van der Waals surface area contributed by atoms with Crippen LogP contribution in [0.25, 0.3) is 6.08 Å². The Morgan fingerprint density at radius 2 is 2.21 bits per heavy atom. The fraction of sp³-hybridized carbons (Fsp3) is 0.0667. The Morgan fingerprint density at radius 3 is 2.89 bits per heavy atom. The largest absolute Gasteiger partial charge is 0.320 e. The van der Waals surface area contributed by atoms with Crippen LogP contribution in [0.1, 0.15) is 11.1 Å². The first-order valence-corrected chi connectivity index (χ1v) is 5.80. The van der Waals surface area contributed by atoms with Crippen LogP contribution in [-0.4, -0.2) is 10.9 Å². The van der Waals surface area contributed by atoms with Crippen LogP contribution in [0.5, 0.6) is 0 Å². The molecule has 2 aromatic rings. The Balaban J connectivity index is 2.04. The van der Waals surface area contributed by atoms with E-state index in [4.69, 9.17) is 0 Å². The number of pyridine rings is 1. The summed E-state index contributed by atoms with van der Waals surface area (Å²) in [6.45, 7) is 1.79. The molecule has 0 atom stereocenters. The van der Waals surface area contributed by atoms with Gasteiger partial charge in [0.1, 0.15) is 5.82 Å². The minimum atomic E-state index is -0.442. The second-order valence-electron chi connectivity index (χ2n) is 4.09. The molecule has 96 valence electrons. The van der Waals surface area contributed by atoms with E-state index in [1.165, 1.54) is 12.1 Å². The molecular formula is C15H13FN2O. The number of aromatic nitrogens is 1. The number of nitrogens with one attached hydrogen (secondary N) is 1. The van der Waals surface area contributed by atoms with Gasteiger partial charge in [0, 0.05) is 18.5 Å². The molecule has 0 saturated heterocycles. The summed E-state index contributed by atoms with van der Waals surface area (Å²) in [6, 6.07) is 8.25. The van der Waals surface area contributed by atoms with Gasteiger partial charge in [-0.15, -0.1) is 0 Å². The third-order valence-electron chi connectivity index (χ3n) is 2.49. The molecule has 1 aromatic carbocycles. The second kappa shape index (κ2) is 5.91. The maximum absolute atomic E-state index is 13.5. The summed E-state index contributed by atoms with van der Waals surface area (Å²) in [4.78, 5) is 15.6. The fourth-order valence-electron chi connectivity index (χ4n) is 1.54. The first-order valence-electron chi connectivity index (χ1n) is 5.80. The molecular weight excluding hydrogens is 243 g/mol. The second-order valence-corrected chi connectivity index (χ2v) is 4.09. The number of benzene rings is 1. The van der Waals surface area contributed by atoms with E-state index in [2.05, 4.69) is 10.3 Å². The Bertz CT molecular complexity index is 609. The molecule has 1 heterocycles. The highest BCUT2D eigenvalue weighted by atomic mass is 19.1. The van der Waals surface area contributed by atoms with Crippen LogP contribution >= 0.6 is 0 Å². The molecule has 0 spiro atoms. The topological polar surface area (TPSA) is 42.0 Å². The van der Waals surface area contributed by atoms with Crippen LogP contribution in [0.4, 0.5) is 10.1 Å². The Kier molecular flexibility index (Phi) is 4.03. The maximum Gasteiger partial charge on any atom is 0.248 e. The van der Waals surface area contributed by atoms with E-state index < -0.39 is 5.82 Å². The SMILES string of the molecule is Cc1ccc(NC(=O)C=Cc2cccnc2)c(F)c1. The Hall–Kier alpha value is -2.49. The predicted molar refractivity (Wildman–Crippen MR) is 73.0 cm³/mol. The van der Waals surface area contributed by atoms with Gasteiger partial charge < -0.3 is 5.32 Å². The van der Waals surface area contributed by atoms with E-state index in [-0.39, 0.29) is 11.6 Å². The molecule has 1 amide bonds. The molecule has 0 aliphatic carbocycles. The Labute approximate surface area is 110 Å². The van der Waals surface area contributed by atoms with Crippen molar-refractivity contribution < 1.29 is 9.18 Å². The van der Waals surface area contributed by atoms with Crippen LogP contribution in [-0.2, 0) is 4.79 Å². The minimum absolute atomic E-state index is 0.173. The normalized spacial score (nSPS) is 10.6. The van der Waals surface area contributed by atoms with Gasteiger partial charge in [-0.05, 0) is 42.3 Å². The molecule has 1 aromatic heterocycles. The molecule has 0 aliphatic heterocycles. The number of rotatable bonds is 3. The van der Waals surface area contributed by atoms with Gasteiger partial charge >= 0.3 is 0 Å². The van der Waals surface area contributed by atoms with Crippen LogP contribution in [0.2, 0.25) is 0 Å². The number of nitrogens with zero attached hydrogens (tertiary/aromatic N) is 1. The van der Waals surface area contributed by atoms with Crippen molar-refractivity contribution in [2.45, 2.75) is 6.92 Å². The van der Waals surface area contributed by atoms with Gasteiger partial charge in [-0.25, -0.2) is 4.39 Å². The summed E-state index contributed by atoms with van der Waals surface area (Å²) in [5.74, 6) is -0.824. The van der Waals surface area contributed by atoms with Crippen LogP contribution in [0, 0.1) is 12.7 Å². The van der Waals surface area contributed by atoms with Gasteiger partial charge in [0.25, 0.3) is 0 Å². The molecule has 3 nitrogen and oxygen atoms in total. The van der Waals surface area contributed by atoms with Crippen molar-refractivity contribution in [1.82, 2.24) is 4.98 Å². The van der Waals surface area contributed by atoms with E-state index in [1.54, 1.807) is 43.6 Å². The van der Waals surface area contributed by atoms with E-state index >= 15 is 0 Å². The van der Waals surface area contributed by atoms with Gasteiger partial charge in [-0.1, -0.05) is 12.1 Å². The summed E-state index contributed by atoms with van der Waals surface area (Å²) in [6.07, 6.45) is 6.25. The van der Waals surface area contributed by atoms with Crippen molar-refractivity contribution in [3.05, 3.63) is 65.7 Å². The van der Waals surface area contributed by atoms with E-state index in [0.29, 0.717) is 0 Å². The zero-order valence-corrected chi connectivity index (χ0v) is 10.4. The average molecular weight is 256 g/mol. The number of carbonyl (C=O) groups is 1. The third-order valence-corrected chi connectivity index (χ3v) is 2.49. The third kappa shape index (κ3) is 3.74. The van der Waals surface area contributed by atoms with Crippen LogP contribution in [0.3, 0.4) is 0 Å². The highest BCUT2D eigenvalue weighted by Crippen LogP contribution is 2.15. The summed E-state index contributed by atoms with van der Waals surface area (Å²) >= 11 is 0. The van der Waals surface area contributed by atoms with Crippen molar-refractivity contribution >= 4 is 17.7 Å². The number of amides is 1. The molecule has 0 fully saturated rings. The molecule has 2 rings (SSSR count). The monoisotopic (exact) mass is 256 g/mol. The van der Waals surface area contributed by atoms with Crippen LogP contribution < -0.4 is 5.32 Å². The highest BCUT2D eigenvalue weighted by molar-refractivity contribution is 6.01. The summed E-state index contributed by atoms with van der Waals surface area (Å²) in [5.41, 5.74) is 1.79. The summed E-state index contributed by atoms with van der Waals surface area (Å²) in [5, 5.41) is 2.49. The summed E-state index contributed by atoms with van der Waals surface area (Å²) in [7, 11) is 0. The molecule has 0 aliphatic rings. The predicted octanol–water partition coefficient (Wildman–Crippen LogP) is 3.18. The zero-order chi connectivity index (χ0) is 13.7. The fourth-order valence-corrected chi connectivity index (χ4v) is 1.54. The standard InChI is InChI=1S/C15H13FN2O/c1-11-4-6-14(13(16)9-11)18-15(19)7-5-12-3-2-8-17-10-12/h2-10H,1H3,(H,18,19). The lowest BCUT2D eigenvalue weighted by Crippen LogP contribution is -2.09. The first kappa shape index (κ1) is 13.0. The number of anilines is 1. The lowest BCUT2D eigenvalue weighted by molar-refractivity contribution is -0.111. The maximum atomic E-state index is 13.5. The number of hydrogen-bond acceptors (Lipinski definition) is 2. The number of carbonyl (C=O) groups excluding carboxylic acids is 1. The van der Waals surface area contributed by atoms with E-state index in [9.17, 15) is 9.18 Å². The van der Waals surface area contributed by atoms with Gasteiger partial charge in [0.2, 0.25) is 5.91 Å². The van der Waals surface area contributed by atoms with E-state index in [1.807, 2.05) is 6.07 Å². The molecule has 0 bridgehead atoms. The molecule has 0 radical (unpaired) electrons. The molecule has 1 N–H and O–H groups in total. The molecule has 19 heavy (non-hydrogen) atoms. The quantitative estimate of drug-likeness (QED) is 0.857. The lowest BCUT2D eigenvalue weighted by atomic mass is 10.2. The van der Waals surface area contributed by atoms with Gasteiger partial charge in [-0.2, -0.15) is 0 Å². The number of halogens is 1. The lowest BCUT2D eigenvalue weighted by Gasteiger charge is -2.04. The van der Waals surface area contributed by atoms with Gasteiger partial charge in [0.15, 0.2) is 0 Å². The van der Waals surface area contributed by atoms with Crippen molar-refractivity contribution in [3.63, 3.8) is 0 Å². The minimum Gasteiger partial charge on any atom is -0.320 e.